The molecule has 170 valence electrons. The molecule has 2 aromatic carbocycles. The van der Waals surface area contributed by atoms with Crippen molar-refractivity contribution in [3.05, 3.63) is 86.6 Å². The lowest BCUT2D eigenvalue weighted by Gasteiger charge is -2.11. The fraction of sp³-hybridized carbons (Fsp3) is 0.250. The molecule has 0 aliphatic carbocycles. The number of rotatable bonds is 9. The van der Waals surface area contributed by atoms with Crippen molar-refractivity contribution in [1.82, 2.24) is 19.1 Å². The molecule has 2 aromatic heterocycles. The van der Waals surface area contributed by atoms with E-state index >= 15 is 0 Å². The molecule has 0 atom stereocenters. The summed E-state index contributed by atoms with van der Waals surface area (Å²) in [6.07, 6.45) is 1.46. The van der Waals surface area contributed by atoms with E-state index in [4.69, 9.17) is 10.7 Å². The van der Waals surface area contributed by atoms with E-state index in [2.05, 4.69) is 21.7 Å². The van der Waals surface area contributed by atoms with E-state index in [1.165, 1.54) is 21.9 Å². The minimum atomic E-state index is -0.756. The van der Waals surface area contributed by atoms with Crippen LogP contribution in [-0.4, -0.2) is 30.6 Å². The Morgan fingerprint density at radius 2 is 1.76 bits per heavy atom. The van der Waals surface area contributed by atoms with Crippen LogP contribution in [0.15, 0.2) is 69.3 Å². The second kappa shape index (κ2) is 9.91. The molecule has 33 heavy (non-hydrogen) atoms. The SMILES string of the molecule is CCCn1c(N)c(C(=O)CSc2nc3ccccc3n2CCc2ccccc2)c(=O)[nH]c1=O. The van der Waals surface area contributed by atoms with Gasteiger partial charge in [0.05, 0.1) is 16.8 Å². The highest BCUT2D eigenvalue weighted by Crippen LogP contribution is 2.25. The lowest BCUT2D eigenvalue weighted by molar-refractivity contribution is 0.102. The number of para-hydroxylation sites is 2. The molecule has 0 fully saturated rings. The minimum Gasteiger partial charge on any atom is -0.384 e. The lowest BCUT2D eigenvalue weighted by Crippen LogP contribution is -2.36. The van der Waals surface area contributed by atoms with Crippen molar-refractivity contribution in [3.63, 3.8) is 0 Å². The van der Waals surface area contributed by atoms with Crippen molar-refractivity contribution in [3.8, 4) is 0 Å². The Morgan fingerprint density at radius 1 is 1.03 bits per heavy atom. The monoisotopic (exact) mass is 463 g/mol. The number of hydrogen-bond acceptors (Lipinski definition) is 6. The third-order valence-corrected chi connectivity index (χ3v) is 6.36. The van der Waals surface area contributed by atoms with Crippen LogP contribution >= 0.6 is 11.8 Å². The molecule has 0 unspecified atom stereocenters. The zero-order valence-corrected chi connectivity index (χ0v) is 19.1. The zero-order valence-electron chi connectivity index (χ0n) is 18.3. The van der Waals surface area contributed by atoms with Crippen molar-refractivity contribution in [2.45, 2.75) is 38.0 Å². The van der Waals surface area contributed by atoms with Crippen LogP contribution < -0.4 is 17.0 Å². The van der Waals surface area contributed by atoms with E-state index in [1.54, 1.807) is 0 Å². The molecule has 0 radical (unpaired) electrons. The van der Waals surface area contributed by atoms with Crippen LogP contribution in [0.2, 0.25) is 0 Å². The second-order valence-corrected chi connectivity index (χ2v) is 8.60. The number of imidazole rings is 1. The number of Topliss-reactive ketones (excluding diaryl/α,β-unsaturated/α-hetero) is 1. The predicted octanol–water partition coefficient (Wildman–Crippen LogP) is 3.10. The quantitative estimate of drug-likeness (QED) is 0.291. The third kappa shape index (κ3) is 4.78. The topological polar surface area (TPSA) is 116 Å². The van der Waals surface area contributed by atoms with Crippen molar-refractivity contribution in [2.75, 3.05) is 11.5 Å². The molecule has 0 saturated heterocycles. The van der Waals surface area contributed by atoms with Crippen LogP contribution in [0.3, 0.4) is 0 Å². The summed E-state index contributed by atoms with van der Waals surface area (Å²) in [6.45, 7) is 2.91. The van der Waals surface area contributed by atoms with Crippen LogP contribution in [-0.2, 0) is 19.5 Å². The first-order valence-electron chi connectivity index (χ1n) is 10.8. The van der Waals surface area contributed by atoms with Crippen molar-refractivity contribution >= 4 is 34.4 Å². The van der Waals surface area contributed by atoms with Gasteiger partial charge in [-0.25, -0.2) is 9.78 Å². The molecule has 0 amide bonds. The number of hydrogen-bond donors (Lipinski definition) is 2. The number of aromatic nitrogens is 4. The highest BCUT2D eigenvalue weighted by molar-refractivity contribution is 7.99. The van der Waals surface area contributed by atoms with Gasteiger partial charge in [0.2, 0.25) is 0 Å². The Kier molecular flexibility index (Phi) is 6.79. The maximum atomic E-state index is 13.0. The number of ketones is 1. The normalized spacial score (nSPS) is 11.2. The van der Waals surface area contributed by atoms with Gasteiger partial charge in [0.1, 0.15) is 11.4 Å². The van der Waals surface area contributed by atoms with Crippen LogP contribution in [0, 0.1) is 0 Å². The number of fused-ring (bicyclic) bond motifs is 1. The van der Waals surface area contributed by atoms with Gasteiger partial charge in [0.15, 0.2) is 10.9 Å². The van der Waals surface area contributed by atoms with Crippen LogP contribution in [0.1, 0.15) is 29.3 Å². The van der Waals surface area contributed by atoms with E-state index in [0.717, 1.165) is 17.5 Å². The Bertz CT molecular complexity index is 1410. The maximum Gasteiger partial charge on any atom is 0.329 e. The number of nitrogens with two attached hydrogens (primary N) is 1. The molecule has 0 aliphatic heterocycles. The first-order chi connectivity index (χ1) is 16.0. The van der Waals surface area contributed by atoms with Gasteiger partial charge in [0.25, 0.3) is 5.56 Å². The summed E-state index contributed by atoms with van der Waals surface area (Å²) in [5, 5.41) is 0.692. The van der Waals surface area contributed by atoms with Gasteiger partial charge in [-0.2, -0.15) is 0 Å². The van der Waals surface area contributed by atoms with Crippen LogP contribution in [0.4, 0.5) is 5.82 Å². The fourth-order valence-corrected chi connectivity index (χ4v) is 4.68. The molecular formula is C24H25N5O3S. The van der Waals surface area contributed by atoms with Gasteiger partial charge in [-0.15, -0.1) is 0 Å². The number of benzene rings is 2. The number of nitrogen functional groups attached to an aromatic ring is 1. The number of H-pyrrole nitrogens is 1. The largest absolute Gasteiger partial charge is 0.384 e. The molecule has 9 heteroatoms. The number of nitrogens with one attached hydrogen (secondary N) is 1. The second-order valence-electron chi connectivity index (χ2n) is 7.65. The number of thioether (sulfide) groups is 1. The summed E-state index contributed by atoms with van der Waals surface area (Å²) < 4.78 is 3.32. The smallest absolute Gasteiger partial charge is 0.329 e. The van der Waals surface area contributed by atoms with Gasteiger partial charge >= 0.3 is 5.69 Å². The molecule has 0 saturated carbocycles. The fourth-order valence-electron chi connectivity index (χ4n) is 3.77. The molecular weight excluding hydrogens is 438 g/mol. The molecule has 8 nitrogen and oxygen atoms in total. The van der Waals surface area contributed by atoms with E-state index < -0.39 is 17.0 Å². The Morgan fingerprint density at radius 3 is 2.52 bits per heavy atom. The highest BCUT2D eigenvalue weighted by Gasteiger charge is 2.21. The molecule has 2 heterocycles. The predicted molar refractivity (Wildman–Crippen MR) is 131 cm³/mol. The number of aryl methyl sites for hydroxylation is 2. The average molecular weight is 464 g/mol. The standard InChI is InChI=1S/C24H25N5O3S/c1-2-13-29-21(25)20(22(31)27-23(29)32)19(30)15-33-24-26-17-10-6-7-11-18(17)28(24)14-12-16-8-4-3-5-9-16/h3-11H,2,12-15,25H2,1H3,(H,27,31,32). The highest BCUT2D eigenvalue weighted by atomic mass is 32.2. The molecule has 4 rings (SSSR count). The molecule has 0 aliphatic rings. The summed E-state index contributed by atoms with van der Waals surface area (Å²) in [5.41, 5.74) is 7.53. The molecule has 4 aromatic rings. The van der Waals surface area contributed by atoms with Crippen LogP contribution in [0.5, 0.6) is 0 Å². The van der Waals surface area contributed by atoms with Crippen molar-refractivity contribution in [2.24, 2.45) is 0 Å². The zero-order chi connectivity index (χ0) is 23.4. The van der Waals surface area contributed by atoms with Crippen LogP contribution in [0.25, 0.3) is 11.0 Å². The van der Waals surface area contributed by atoms with E-state index in [1.807, 2.05) is 49.4 Å². The molecule has 3 N–H and O–H groups in total. The first kappa shape index (κ1) is 22.6. The van der Waals surface area contributed by atoms with E-state index in [0.29, 0.717) is 24.7 Å². The Labute approximate surface area is 194 Å². The number of aromatic amines is 1. The third-order valence-electron chi connectivity index (χ3n) is 5.38. The number of anilines is 1. The number of nitrogens with zero attached hydrogens (tertiary/aromatic N) is 3. The Balaban J connectivity index is 1.60. The van der Waals surface area contributed by atoms with E-state index in [9.17, 15) is 14.4 Å². The molecule has 0 bridgehead atoms. The van der Waals surface area contributed by atoms with Gasteiger partial charge in [-0.3, -0.25) is 19.1 Å². The average Bonchev–Trinajstić information content (AvgIpc) is 3.17. The lowest BCUT2D eigenvalue weighted by atomic mass is 10.1. The Hall–Kier alpha value is -3.59. The summed E-state index contributed by atoms with van der Waals surface area (Å²) in [7, 11) is 0. The van der Waals surface area contributed by atoms with Gasteiger partial charge in [-0.1, -0.05) is 61.2 Å². The van der Waals surface area contributed by atoms with Gasteiger partial charge in [0, 0.05) is 13.1 Å². The van der Waals surface area contributed by atoms with Gasteiger partial charge < -0.3 is 10.3 Å². The van der Waals surface area contributed by atoms with E-state index in [-0.39, 0.29) is 17.1 Å². The summed E-state index contributed by atoms with van der Waals surface area (Å²) in [5.74, 6) is -0.550. The molecule has 0 spiro atoms. The summed E-state index contributed by atoms with van der Waals surface area (Å²) in [4.78, 5) is 44.2. The first-order valence-corrected chi connectivity index (χ1v) is 11.8. The van der Waals surface area contributed by atoms with Crippen molar-refractivity contribution < 1.29 is 4.79 Å². The van der Waals surface area contributed by atoms with Gasteiger partial charge in [-0.05, 0) is 30.5 Å². The summed E-state index contributed by atoms with van der Waals surface area (Å²) in [6, 6.07) is 18.0. The minimum absolute atomic E-state index is 0.0216. The van der Waals surface area contributed by atoms with Crippen molar-refractivity contribution in [1.29, 1.82) is 0 Å². The summed E-state index contributed by atoms with van der Waals surface area (Å²) >= 11 is 1.26. The maximum absolute atomic E-state index is 13.0. The number of carbonyl (C=O) groups is 1. The number of carbonyl (C=O) groups excluding carboxylic acids is 1.